The van der Waals surface area contributed by atoms with E-state index in [4.69, 9.17) is 19.2 Å². The fourth-order valence-electron chi connectivity index (χ4n) is 8.75. The fraction of sp³-hybridized carbons (Fsp3) is 0.568. The molecule has 1 saturated heterocycles. The number of carbonyl (C=O) groups excluding carboxylic acids is 3. The van der Waals surface area contributed by atoms with Crippen LogP contribution in [0.3, 0.4) is 0 Å². The maximum absolute atomic E-state index is 14.6. The van der Waals surface area contributed by atoms with Crippen molar-refractivity contribution >= 4 is 50.0 Å². The number of nitrogens with one attached hydrogen (secondary N) is 1. The van der Waals surface area contributed by atoms with Crippen LogP contribution in [-0.4, -0.2) is 87.0 Å². The highest BCUT2D eigenvalue weighted by Crippen LogP contribution is 2.51. The number of nitrogens with zero attached hydrogens (tertiary/aromatic N) is 3. The highest BCUT2D eigenvalue weighted by molar-refractivity contribution is 9.09. The second-order valence-electron chi connectivity index (χ2n) is 17.1. The van der Waals surface area contributed by atoms with Crippen LogP contribution < -0.4 is 20.8 Å². The van der Waals surface area contributed by atoms with Gasteiger partial charge in [-0.05, 0) is 50.6 Å². The highest BCUT2D eigenvalue weighted by atomic mass is 79.9. The molecule has 5 bridgehead atoms. The molecule has 314 valence electrons. The normalized spacial score (nSPS) is 33.6. The first-order valence-corrected chi connectivity index (χ1v) is 21.3. The van der Waals surface area contributed by atoms with E-state index in [1.807, 2.05) is 46.9 Å². The number of alkyl halides is 1. The first-order valence-electron chi connectivity index (χ1n) is 20.2. The topological polar surface area (TPSA) is 180 Å². The Morgan fingerprint density at radius 1 is 0.966 bits per heavy atom. The molecular weight excluding hydrogens is 808 g/mol. The van der Waals surface area contributed by atoms with E-state index in [1.54, 1.807) is 26.0 Å². The second-order valence-corrected chi connectivity index (χ2v) is 17.7. The Bertz CT molecular complexity index is 2230. The number of aliphatic hydroxyl groups excluding tert-OH is 1. The van der Waals surface area contributed by atoms with Gasteiger partial charge in [0.25, 0.3) is 11.7 Å². The molecule has 13 nitrogen and oxygen atoms in total. The van der Waals surface area contributed by atoms with Gasteiger partial charge in [-0.25, -0.2) is 4.99 Å². The molecule has 9 atom stereocenters. The molecule has 0 unspecified atom stereocenters. The molecule has 0 aliphatic carbocycles. The van der Waals surface area contributed by atoms with Gasteiger partial charge in [0.05, 0.1) is 29.0 Å². The minimum atomic E-state index is -1.82. The lowest BCUT2D eigenvalue weighted by molar-refractivity contribution is -0.154. The molecular formula is C44H57BrN4O9. The van der Waals surface area contributed by atoms with Crippen LogP contribution >= 0.6 is 15.9 Å². The summed E-state index contributed by atoms with van der Waals surface area (Å²) < 4.78 is 18.3. The van der Waals surface area contributed by atoms with Crippen LogP contribution in [0, 0.1) is 42.4 Å². The number of halogens is 1. The van der Waals surface area contributed by atoms with Crippen LogP contribution in [0.2, 0.25) is 0 Å². The molecule has 5 aliphatic heterocycles. The molecule has 5 heterocycles. The third kappa shape index (κ3) is 7.67. The summed E-state index contributed by atoms with van der Waals surface area (Å²) >= 11 is 3.19. The summed E-state index contributed by atoms with van der Waals surface area (Å²) in [5, 5.41) is 39.3. The van der Waals surface area contributed by atoms with Gasteiger partial charge >= 0.3 is 11.8 Å². The van der Waals surface area contributed by atoms with Gasteiger partial charge in [0.1, 0.15) is 39.3 Å². The number of anilines is 1. The largest absolute Gasteiger partial charge is 0.507 e. The van der Waals surface area contributed by atoms with Crippen molar-refractivity contribution in [3.05, 3.63) is 58.0 Å². The molecule has 58 heavy (non-hydrogen) atoms. The van der Waals surface area contributed by atoms with Crippen LogP contribution in [0.25, 0.3) is 10.8 Å². The number of rotatable bonds is 2. The summed E-state index contributed by atoms with van der Waals surface area (Å²) in [6.45, 7) is 18.1. The number of ketones is 1. The number of hydrogen-bond donors (Lipinski definition) is 4. The molecule has 7 rings (SSSR count). The number of likely N-dealkylation sites (tertiary alicyclic amines) is 1. The predicted molar refractivity (Wildman–Crippen MR) is 224 cm³/mol. The Morgan fingerprint density at radius 3 is 2.29 bits per heavy atom. The van der Waals surface area contributed by atoms with E-state index in [0.717, 1.165) is 13.1 Å². The summed E-state index contributed by atoms with van der Waals surface area (Å²) in [7, 11) is 2.02. The van der Waals surface area contributed by atoms with Crippen LogP contribution in [0.5, 0.6) is 17.2 Å². The number of phenols is 2. The number of hydrogen-bond acceptors (Lipinski definition) is 12. The lowest BCUT2D eigenvalue weighted by Gasteiger charge is -2.38. The van der Waals surface area contributed by atoms with Crippen LogP contribution in [0.15, 0.2) is 46.1 Å². The third-order valence-electron chi connectivity index (χ3n) is 13.2. The van der Waals surface area contributed by atoms with Crippen molar-refractivity contribution in [2.45, 2.75) is 98.8 Å². The van der Waals surface area contributed by atoms with Gasteiger partial charge < -0.3 is 39.7 Å². The van der Waals surface area contributed by atoms with Gasteiger partial charge in [-0.1, -0.05) is 75.7 Å². The quantitative estimate of drug-likeness (QED) is 0.158. The minimum Gasteiger partial charge on any atom is -0.507 e. The molecule has 2 aromatic carbocycles. The van der Waals surface area contributed by atoms with Crippen molar-refractivity contribution in [3.63, 3.8) is 0 Å². The first-order chi connectivity index (χ1) is 27.3. The zero-order valence-electron chi connectivity index (χ0n) is 35.1. The van der Waals surface area contributed by atoms with Crippen LogP contribution in [-0.2, 0) is 19.1 Å². The molecule has 14 heteroatoms. The molecule has 4 N–H and O–H groups in total. The van der Waals surface area contributed by atoms with Crippen molar-refractivity contribution < 1.29 is 43.9 Å². The number of piperidine rings is 1. The number of ether oxygens (including phenoxy) is 3. The van der Waals surface area contributed by atoms with E-state index in [2.05, 4.69) is 45.0 Å². The van der Waals surface area contributed by atoms with E-state index in [0.29, 0.717) is 18.5 Å². The number of benzene rings is 2. The van der Waals surface area contributed by atoms with Crippen LogP contribution in [0.1, 0.15) is 84.2 Å². The summed E-state index contributed by atoms with van der Waals surface area (Å²) in [6, 6.07) is 0. The van der Waals surface area contributed by atoms with Gasteiger partial charge in [-0.2, -0.15) is 0 Å². The molecule has 0 aromatic heterocycles. The van der Waals surface area contributed by atoms with Gasteiger partial charge in [0.15, 0.2) is 5.75 Å². The minimum absolute atomic E-state index is 0.00655. The molecule has 0 radical (unpaired) electrons. The third-order valence-corrected chi connectivity index (χ3v) is 13.7. The summed E-state index contributed by atoms with van der Waals surface area (Å²) in [4.78, 5) is 52.7. The van der Waals surface area contributed by atoms with Crippen molar-refractivity contribution in [2.75, 3.05) is 30.8 Å². The lowest BCUT2D eigenvalue weighted by atomic mass is 9.72. The van der Waals surface area contributed by atoms with E-state index >= 15 is 0 Å². The van der Waals surface area contributed by atoms with Crippen molar-refractivity contribution in [1.82, 2.24) is 4.90 Å². The number of Topliss-reactive ketones (excluding diaryl/α,β-unsaturated/α-hetero) is 1. The summed E-state index contributed by atoms with van der Waals surface area (Å²) in [5.41, 5.74) is 0.119. The number of amides is 1. The zero-order valence-corrected chi connectivity index (χ0v) is 36.6. The van der Waals surface area contributed by atoms with Gasteiger partial charge in [0.2, 0.25) is 0 Å². The highest BCUT2D eigenvalue weighted by Gasteiger charge is 2.50. The molecule has 5 aliphatic rings. The average molecular weight is 866 g/mol. The second kappa shape index (κ2) is 16.4. The maximum Gasteiger partial charge on any atom is 0.316 e. The SMILES string of the molecule is C/C1=C/C=C/[C@H](C)[C@H](OC(=O)CBr)[C@@H](C)[C@@H](O)[C@@H](C)[C@H](C)[C@H](C)[C@@H](C)/C=C/O[C@@]2(C)Oc3c(C)c(O)c4c(O)c(c5c(c4c3C2=O)NC2(CCN(C)CC2)N=5)=NC1=O. The van der Waals surface area contributed by atoms with Crippen molar-refractivity contribution in [3.8, 4) is 17.2 Å². The number of allylic oxidation sites excluding steroid dienone is 3. The number of aromatic hydroxyl groups is 2. The Kier molecular flexibility index (Phi) is 12.3. The number of fused-ring (bicyclic) bond motifs is 13. The smallest absolute Gasteiger partial charge is 0.316 e. The van der Waals surface area contributed by atoms with E-state index in [9.17, 15) is 29.7 Å². The summed E-state index contributed by atoms with van der Waals surface area (Å²) in [6.07, 6.45) is 8.10. The van der Waals surface area contributed by atoms with Crippen LogP contribution in [0.4, 0.5) is 5.69 Å². The number of aliphatic hydroxyl groups is 1. The molecule has 1 spiro atoms. The lowest BCUT2D eigenvalue weighted by Crippen LogP contribution is -2.45. The zero-order chi connectivity index (χ0) is 42.6. The molecule has 1 amide bonds. The molecule has 1 fully saturated rings. The van der Waals surface area contributed by atoms with Crippen molar-refractivity contribution in [1.29, 1.82) is 0 Å². The standard InChI is InChI=1S/C44H57BrN4O9/c1-21-14-19-56-43(9)41(54)32-30-31(37(52)28(8)40(32)58-43)38(53)35(34-33(30)47-44(48-34)15-17-49(10)18-16-44)46-42(55)23(3)13-11-12-22(2)39(57-29(50)20-45)27(7)36(51)26(6)25(5)24(21)4/h11-14,19,21-22,24-27,36,39,47,51-53H,15-18,20H2,1-10H3/b12-11+,19-14+,23-13-,46-35?/t21-,22-,24+,25+,26-,27-,36-,39-,43-/m0/s1. The maximum atomic E-state index is 14.6. The monoisotopic (exact) mass is 864 g/mol. The van der Waals surface area contributed by atoms with E-state index < -0.39 is 53.0 Å². The Balaban J connectivity index is 1.56. The summed E-state index contributed by atoms with van der Waals surface area (Å²) in [5.74, 6) is -5.16. The number of phenolic OH excluding ortho intramolecular Hbond substituents is 2. The first kappa shape index (κ1) is 43.3. The fourth-order valence-corrected chi connectivity index (χ4v) is 8.88. The number of esters is 1. The Hall–Kier alpha value is -4.27. The van der Waals surface area contributed by atoms with E-state index in [-0.39, 0.29) is 84.6 Å². The Labute approximate surface area is 348 Å². The van der Waals surface area contributed by atoms with E-state index in [1.165, 1.54) is 13.2 Å². The average Bonchev–Trinajstić information content (AvgIpc) is 3.70. The van der Waals surface area contributed by atoms with Gasteiger partial charge in [0, 0.05) is 61.2 Å². The molecule has 2 aromatic rings. The predicted octanol–water partition coefficient (Wildman–Crippen LogP) is 5.99. The Morgan fingerprint density at radius 2 is 1.64 bits per heavy atom. The van der Waals surface area contributed by atoms with Crippen molar-refractivity contribution in [2.24, 2.45) is 45.5 Å². The number of carbonyl (C=O) groups is 3. The molecule has 0 saturated carbocycles. The van der Waals surface area contributed by atoms with Gasteiger partial charge in [-0.3, -0.25) is 19.4 Å². The van der Waals surface area contributed by atoms with Gasteiger partial charge in [-0.15, -0.1) is 0 Å².